The summed E-state index contributed by atoms with van der Waals surface area (Å²) in [6.07, 6.45) is -0.177. The van der Waals surface area contributed by atoms with Crippen LogP contribution in [0.2, 0.25) is 10.0 Å². The van der Waals surface area contributed by atoms with Crippen LogP contribution in [0.4, 0.5) is 4.39 Å². The van der Waals surface area contributed by atoms with Crippen LogP contribution in [0.15, 0.2) is 36.4 Å². The third-order valence-corrected chi connectivity index (χ3v) is 4.39. The second-order valence-corrected chi connectivity index (χ2v) is 6.30. The zero-order chi connectivity index (χ0) is 16.6. The van der Waals surface area contributed by atoms with Crippen molar-refractivity contribution in [3.63, 3.8) is 0 Å². The Morgan fingerprint density at radius 2 is 2.13 bits per heavy atom. The van der Waals surface area contributed by atoms with E-state index in [9.17, 15) is 9.18 Å². The van der Waals surface area contributed by atoms with Gasteiger partial charge in [0.05, 0.1) is 0 Å². The smallest absolute Gasteiger partial charge is 0.264 e. The molecule has 1 unspecified atom stereocenters. The maximum atomic E-state index is 13.8. The van der Waals surface area contributed by atoms with Gasteiger partial charge in [0.15, 0.2) is 6.10 Å². The lowest BCUT2D eigenvalue weighted by molar-refractivity contribution is -0.137. The van der Waals surface area contributed by atoms with Crippen molar-refractivity contribution in [2.45, 2.75) is 19.1 Å². The first kappa shape index (κ1) is 16.1. The van der Waals surface area contributed by atoms with Gasteiger partial charge in [-0.3, -0.25) is 4.79 Å². The van der Waals surface area contributed by atoms with Gasteiger partial charge in [-0.2, -0.15) is 0 Å². The van der Waals surface area contributed by atoms with Crippen molar-refractivity contribution in [2.75, 3.05) is 7.05 Å². The molecule has 0 fully saturated rings. The number of likely N-dealkylation sites (N-methyl/N-ethyl adjacent to an activating group) is 1. The molecule has 0 bridgehead atoms. The van der Waals surface area contributed by atoms with Crippen molar-refractivity contribution in [2.24, 2.45) is 0 Å². The summed E-state index contributed by atoms with van der Waals surface area (Å²) >= 11 is 12.0. The maximum absolute atomic E-state index is 13.8. The lowest BCUT2D eigenvalue weighted by Gasteiger charge is -2.21. The van der Waals surface area contributed by atoms with E-state index in [4.69, 9.17) is 27.9 Å². The number of amides is 1. The molecule has 1 aliphatic heterocycles. The number of hydrogen-bond donors (Lipinski definition) is 0. The number of ether oxygens (including phenoxy) is 1. The van der Waals surface area contributed by atoms with Gasteiger partial charge in [0.25, 0.3) is 5.91 Å². The molecule has 1 heterocycles. The SMILES string of the molecule is CN(Cc1c(F)cccc1Cl)C(=O)C1Cc2cc(Cl)ccc2O1. The van der Waals surface area contributed by atoms with Crippen LogP contribution in [0.1, 0.15) is 11.1 Å². The fourth-order valence-corrected chi connectivity index (χ4v) is 3.02. The van der Waals surface area contributed by atoms with Gasteiger partial charge >= 0.3 is 0 Å². The van der Waals surface area contributed by atoms with Crippen LogP contribution in [-0.4, -0.2) is 24.0 Å². The molecule has 120 valence electrons. The largest absolute Gasteiger partial charge is 0.480 e. The molecule has 1 aliphatic rings. The van der Waals surface area contributed by atoms with E-state index >= 15 is 0 Å². The topological polar surface area (TPSA) is 29.5 Å². The Bertz CT molecular complexity index is 746. The number of carbonyl (C=O) groups excluding carboxylic acids is 1. The zero-order valence-corrected chi connectivity index (χ0v) is 13.9. The second kappa shape index (κ2) is 6.38. The molecule has 1 amide bonds. The Hall–Kier alpha value is -1.78. The number of fused-ring (bicyclic) bond motifs is 1. The predicted molar refractivity (Wildman–Crippen MR) is 87.5 cm³/mol. The highest BCUT2D eigenvalue weighted by molar-refractivity contribution is 6.31. The molecular formula is C17H14Cl2FNO2. The van der Waals surface area contributed by atoms with Crippen LogP contribution < -0.4 is 4.74 Å². The van der Waals surface area contributed by atoms with Crippen molar-refractivity contribution in [3.05, 3.63) is 63.4 Å². The van der Waals surface area contributed by atoms with Gasteiger partial charge in [0.2, 0.25) is 0 Å². The lowest BCUT2D eigenvalue weighted by atomic mass is 10.1. The summed E-state index contributed by atoms with van der Waals surface area (Å²) in [4.78, 5) is 13.9. The van der Waals surface area contributed by atoms with Crippen LogP contribution in [0, 0.1) is 5.82 Å². The number of rotatable bonds is 3. The first-order valence-corrected chi connectivity index (χ1v) is 7.84. The van der Waals surface area contributed by atoms with Gasteiger partial charge in [0.1, 0.15) is 11.6 Å². The quantitative estimate of drug-likeness (QED) is 0.831. The molecule has 0 radical (unpaired) electrons. The zero-order valence-electron chi connectivity index (χ0n) is 12.4. The fraction of sp³-hybridized carbons (Fsp3) is 0.235. The molecule has 3 rings (SSSR count). The minimum absolute atomic E-state index is 0.0846. The average molecular weight is 354 g/mol. The summed E-state index contributed by atoms with van der Waals surface area (Å²) < 4.78 is 19.5. The molecule has 23 heavy (non-hydrogen) atoms. The van der Waals surface area contributed by atoms with E-state index in [0.717, 1.165) is 5.56 Å². The van der Waals surface area contributed by atoms with Gasteiger partial charge in [-0.25, -0.2) is 4.39 Å². The molecule has 6 heteroatoms. The van der Waals surface area contributed by atoms with E-state index in [1.807, 2.05) is 0 Å². The summed E-state index contributed by atoms with van der Waals surface area (Å²) in [5.74, 6) is 0.00118. The molecule has 0 aromatic heterocycles. The van der Waals surface area contributed by atoms with Crippen LogP contribution in [0.3, 0.4) is 0 Å². The molecule has 0 spiro atoms. The highest BCUT2D eigenvalue weighted by Gasteiger charge is 2.31. The highest BCUT2D eigenvalue weighted by Crippen LogP contribution is 2.32. The Labute approximate surface area is 143 Å². The van der Waals surface area contributed by atoms with Crippen molar-refractivity contribution in [3.8, 4) is 5.75 Å². The predicted octanol–water partition coefficient (Wildman–Crippen LogP) is 4.09. The standard InChI is InChI=1S/C17H14Cl2FNO2/c1-21(9-12-13(19)3-2-4-14(12)20)17(22)16-8-10-7-11(18)5-6-15(10)23-16/h2-7,16H,8-9H2,1H3. The van der Waals surface area contributed by atoms with Crippen LogP contribution in [0.5, 0.6) is 5.75 Å². The van der Waals surface area contributed by atoms with E-state index in [0.29, 0.717) is 27.8 Å². The Kier molecular flexibility index (Phi) is 4.46. The molecule has 0 saturated carbocycles. The summed E-state index contributed by atoms with van der Waals surface area (Å²) in [6, 6.07) is 9.71. The summed E-state index contributed by atoms with van der Waals surface area (Å²) in [5.41, 5.74) is 1.19. The van der Waals surface area contributed by atoms with Gasteiger partial charge < -0.3 is 9.64 Å². The minimum atomic E-state index is -0.626. The van der Waals surface area contributed by atoms with Crippen LogP contribution >= 0.6 is 23.2 Å². The molecule has 1 atom stereocenters. The van der Waals surface area contributed by atoms with Gasteiger partial charge in [-0.1, -0.05) is 29.3 Å². The lowest BCUT2D eigenvalue weighted by Crippen LogP contribution is -2.38. The Balaban J connectivity index is 1.72. The molecular weight excluding hydrogens is 340 g/mol. The van der Waals surface area contributed by atoms with Crippen molar-refractivity contribution in [1.82, 2.24) is 4.90 Å². The fourth-order valence-electron chi connectivity index (χ4n) is 2.60. The van der Waals surface area contributed by atoms with Crippen molar-refractivity contribution in [1.29, 1.82) is 0 Å². The van der Waals surface area contributed by atoms with Crippen molar-refractivity contribution >= 4 is 29.1 Å². The van der Waals surface area contributed by atoms with E-state index in [-0.39, 0.29) is 12.5 Å². The number of hydrogen-bond acceptors (Lipinski definition) is 2. The van der Waals surface area contributed by atoms with Crippen molar-refractivity contribution < 1.29 is 13.9 Å². The third kappa shape index (κ3) is 3.28. The van der Waals surface area contributed by atoms with Gasteiger partial charge in [-0.15, -0.1) is 0 Å². The van der Waals surface area contributed by atoms with E-state index in [1.165, 1.54) is 17.0 Å². The Morgan fingerprint density at radius 3 is 2.87 bits per heavy atom. The number of carbonyl (C=O) groups is 1. The Morgan fingerprint density at radius 1 is 1.35 bits per heavy atom. The molecule has 0 saturated heterocycles. The van der Waals surface area contributed by atoms with E-state index in [2.05, 4.69) is 0 Å². The molecule has 2 aromatic rings. The van der Waals surface area contributed by atoms with Crippen LogP contribution in [-0.2, 0) is 17.8 Å². The highest BCUT2D eigenvalue weighted by atomic mass is 35.5. The summed E-state index contributed by atoms with van der Waals surface area (Å²) in [7, 11) is 1.60. The number of halogens is 3. The molecule has 3 nitrogen and oxygen atoms in total. The number of benzene rings is 2. The molecule has 0 aliphatic carbocycles. The monoisotopic (exact) mass is 353 g/mol. The van der Waals surface area contributed by atoms with Gasteiger partial charge in [0, 0.05) is 35.6 Å². The first-order valence-electron chi connectivity index (χ1n) is 7.08. The molecule has 0 N–H and O–H groups in total. The van der Waals surface area contributed by atoms with Crippen LogP contribution in [0.25, 0.3) is 0 Å². The normalized spacial score (nSPS) is 15.9. The summed E-state index contributed by atoms with van der Waals surface area (Å²) in [5, 5.41) is 0.902. The molecule has 2 aromatic carbocycles. The minimum Gasteiger partial charge on any atom is -0.480 e. The average Bonchev–Trinajstić information content (AvgIpc) is 2.93. The second-order valence-electron chi connectivity index (χ2n) is 5.46. The van der Waals surface area contributed by atoms with Gasteiger partial charge in [-0.05, 0) is 35.9 Å². The third-order valence-electron chi connectivity index (χ3n) is 3.81. The maximum Gasteiger partial charge on any atom is 0.264 e. The first-order chi connectivity index (χ1) is 11.0. The number of nitrogens with zero attached hydrogens (tertiary/aromatic N) is 1. The van der Waals surface area contributed by atoms with E-state index < -0.39 is 11.9 Å². The van der Waals surface area contributed by atoms with E-state index in [1.54, 1.807) is 31.3 Å². The summed E-state index contributed by atoms with van der Waals surface area (Å²) in [6.45, 7) is 0.0846.